The van der Waals surface area contributed by atoms with Crippen molar-refractivity contribution in [2.45, 2.75) is 26.3 Å². The molecule has 1 amide bonds. The Kier molecular flexibility index (Phi) is 7.26. The largest absolute Gasteiger partial charge is 0.493 e. The lowest BCUT2D eigenvalue weighted by Gasteiger charge is -2.37. The first kappa shape index (κ1) is 23.5. The van der Waals surface area contributed by atoms with Crippen molar-refractivity contribution in [2.75, 3.05) is 34.0 Å². The number of carbonyl (C=O) groups excluding carboxylic acids is 1. The second kappa shape index (κ2) is 10.5. The Labute approximate surface area is 201 Å². The van der Waals surface area contributed by atoms with E-state index in [-0.39, 0.29) is 18.6 Å². The first-order valence-electron chi connectivity index (χ1n) is 11.4. The quantitative estimate of drug-likeness (QED) is 0.477. The van der Waals surface area contributed by atoms with Crippen LogP contribution in [0.1, 0.15) is 28.3 Å². The zero-order valence-corrected chi connectivity index (χ0v) is 20.2. The number of hydrogen-bond donors (Lipinski definition) is 0. The molecule has 0 spiro atoms. The highest BCUT2D eigenvalue weighted by Crippen LogP contribution is 2.38. The molecule has 0 aliphatic carbocycles. The second-order valence-electron chi connectivity index (χ2n) is 8.50. The van der Waals surface area contributed by atoms with Gasteiger partial charge < -0.3 is 23.8 Å². The summed E-state index contributed by atoms with van der Waals surface area (Å²) in [7, 11) is 3.25. The highest BCUT2D eigenvalue weighted by molar-refractivity contribution is 5.79. The van der Waals surface area contributed by atoms with E-state index in [0.29, 0.717) is 36.8 Å². The van der Waals surface area contributed by atoms with Gasteiger partial charge in [-0.15, -0.1) is 0 Å². The Morgan fingerprint density at radius 2 is 1.56 bits per heavy atom. The van der Waals surface area contributed by atoms with Crippen molar-refractivity contribution in [2.24, 2.45) is 0 Å². The van der Waals surface area contributed by atoms with Crippen LogP contribution in [0.2, 0.25) is 0 Å². The second-order valence-corrected chi connectivity index (χ2v) is 8.50. The van der Waals surface area contributed by atoms with E-state index in [1.807, 2.05) is 73.3 Å². The predicted octanol–water partition coefficient (Wildman–Crippen LogP) is 4.90. The van der Waals surface area contributed by atoms with E-state index in [4.69, 9.17) is 18.9 Å². The smallest absolute Gasteiger partial charge is 0.261 e. The zero-order chi connectivity index (χ0) is 24.1. The van der Waals surface area contributed by atoms with Gasteiger partial charge in [-0.3, -0.25) is 4.79 Å². The lowest BCUT2D eigenvalue weighted by molar-refractivity contribution is -0.137. The molecule has 6 nitrogen and oxygen atoms in total. The molecule has 0 saturated carbocycles. The summed E-state index contributed by atoms with van der Waals surface area (Å²) in [5, 5.41) is 0. The number of para-hydroxylation sites is 1. The van der Waals surface area contributed by atoms with E-state index in [9.17, 15) is 4.79 Å². The number of methoxy groups -OCH3 is 2. The van der Waals surface area contributed by atoms with Gasteiger partial charge in [0.1, 0.15) is 18.1 Å². The summed E-state index contributed by atoms with van der Waals surface area (Å²) in [4.78, 5) is 15.1. The molecule has 3 aromatic rings. The van der Waals surface area contributed by atoms with Gasteiger partial charge in [0.15, 0.2) is 18.1 Å². The molecule has 0 saturated heterocycles. The van der Waals surface area contributed by atoms with Crippen LogP contribution < -0.4 is 18.9 Å². The van der Waals surface area contributed by atoms with E-state index < -0.39 is 0 Å². The molecule has 0 radical (unpaired) electrons. The third-order valence-corrected chi connectivity index (χ3v) is 6.03. The fraction of sp³-hybridized carbons (Fsp3) is 0.321. The summed E-state index contributed by atoms with van der Waals surface area (Å²) < 4.78 is 23.0. The van der Waals surface area contributed by atoms with Crippen LogP contribution in [-0.2, 0) is 11.2 Å². The molecule has 0 aromatic heterocycles. The average Bonchev–Trinajstić information content (AvgIpc) is 2.84. The molecular formula is C28H31NO5. The van der Waals surface area contributed by atoms with Crippen LogP contribution in [0.4, 0.5) is 0 Å². The highest BCUT2D eigenvalue weighted by atomic mass is 16.5. The molecule has 3 aromatic carbocycles. The first-order chi connectivity index (χ1) is 16.5. The molecule has 0 N–H and O–H groups in total. The molecule has 4 rings (SSSR count). The molecule has 0 fully saturated rings. The van der Waals surface area contributed by atoms with Gasteiger partial charge in [0, 0.05) is 6.54 Å². The fourth-order valence-corrected chi connectivity index (χ4v) is 4.44. The van der Waals surface area contributed by atoms with Crippen molar-refractivity contribution < 1.29 is 23.7 Å². The Morgan fingerprint density at radius 3 is 2.24 bits per heavy atom. The molecular weight excluding hydrogens is 430 g/mol. The van der Waals surface area contributed by atoms with Crippen LogP contribution in [0.3, 0.4) is 0 Å². The summed E-state index contributed by atoms with van der Waals surface area (Å²) in [5.74, 6) is 2.69. The van der Waals surface area contributed by atoms with Gasteiger partial charge in [0.2, 0.25) is 0 Å². The number of ether oxygens (including phenoxy) is 4. The summed E-state index contributed by atoms with van der Waals surface area (Å²) in [6, 6.07) is 19.2. The van der Waals surface area contributed by atoms with Crippen molar-refractivity contribution in [3.63, 3.8) is 0 Å². The summed E-state index contributed by atoms with van der Waals surface area (Å²) >= 11 is 0. The topological polar surface area (TPSA) is 57.2 Å². The van der Waals surface area contributed by atoms with Crippen molar-refractivity contribution >= 4 is 5.91 Å². The minimum atomic E-state index is -0.281. The summed E-state index contributed by atoms with van der Waals surface area (Å²) in [6.07, 6.45) is 0.715. The fourth-order valence-electron chi connectivity index (χ4n) is 4.44. The number of nitrogens with zero attached hydrogens (tertiary/aromatic N) is 1. The minimum Gasteiger partial charge on any atom is -0.493 e. The van der Waals surface area contributed by atoms with Gasteiger partial charge >= 0.3 is 0 Å². The number of benzene rings is 3. The molecule has 1 atom stereocenters. The Balaban J connectivity index is 1.61. The standard InChI is InChI=1S/C28H31NO5/c1-19-12-20(2)14-23(13-19)33-17-25-24-16-27(32-4)26(31-3)15-21(24)10-11-29(25)28(30)18-34-22-8-6-5-7-9-22/h5-9,12-16,25H,10-11,17-18H2,1-4H3/t25-/m0/s1. The maximum absolute atomic E-state index is 13.3. The van der Waals surface area contributed by atoms with E-state index in [1.165, 1.54) is 0 Å². The minimum absolute atomic E-state index is 0.0350. The number of fused-ring (bicyclic) bond motifs is 1. The number of rotatable bonds is 8. The van der Waals surface area contributed by atoms with Crippen molar-refractivity contribution in [3.8, 4) is 23.0 Å². The van der Waals surface area contributed by atoms with E-state index in [2.05, 4.69) is 6.07 Å². The Morgan fingerprint density at radius 1 is 0.882 bits per heavy atom. The van der Waals surface area contributed by atoms with Crippen LogP contribution in [-0.4, -0.2) is 44.8 Å². The molecule has 1 heterocycles. The van der Waals surface area contributed by atoms with Gasteiger partial charge in [-0.2, -0.15) is 0 Å². The van der Waals surface area contributed by atoms with Crippen molar-refractivity contribution in [1.29, 1.82) is 0 Å². The van der Waals surface area contributed by atoms with Gasteiger partial charge in [0.25, 0.3) is 5.91 Å². The predicted molar refractivity (Wildman–Crippen MR) is 131 cm³/mol. The van der Waals surface area contributed by atoms with E-state index in [1.54, 1.807) is 14.2 Å². The summed E-state index contributed by atoms with van der Waals surface area (Å²) in [6.45, 7) is 4.95. The van der Waals surface area contributed by atoms with Gasteiger partial charge in [-0.1, -0.05) is 24.3 Å². The molecule has 1 aliphatic heterocycles. The normalized spacial score (nSPS) is 14.8. The molecule has 6 heteroatoms. The van der Waals surface area contributed by atoms with Crippen LogP contribution >= 0.6 is 0 Å². The molecule has 1 aliphatic rings. The maximum atomic E-state index is 13.3. The molecule has 0 unspecified atom stereocenters. The molecule has 178 valence electrons. The van der Waals surface area contributed by atoms with Crippen LogP contribution in [0.5, 0.6) is 23.0 Å². The van der Waals surface area contributed by atoms with Crippen molar-refractivity contribution in [3.05, 3.63) is 82.9 Å². The number of hydrogen-bond acceptors (Lipinski definition) is 5. The third kappa shape index (κ3) is 5.28. The Bertz CT molecular complexity index is 1120. The number of carbonyl (C=O) groups is 1. The maximum Gasteiger partial charge on any atom is 0.261 e. The first-order valence-corrected chi connectivity index (χ1v) is 11.4. The monoisotopic (exact) mass is 461 g/mol. The van der Waals surface area contributed by atoms with Crippen LogP contribution in [0.15, 0.2) is 60.7 Å². The molecule has 0 bridgehead atoms. The van der Waals surface area contributed by atoms with Crippen LogP contribution in [0.25, 0.3) is 0 Å². The van der Waals surface area contributed by atoms with E-state index >= 15 is 0 Å². The number of aryl methyl sites for hydroxylation is 2. The average molecular weight is 462 g/mol. The van der Waals surface area contributed by atoms with Crippen molar-refractivity contribution in [1.82, 2.24) is 4.90 Å². The van der Waals surface area contributed by atoms with E-state index in [0.717, 1.165) is 28.0 Å². The van der Waals surface area contributed by atoms with Gasteiger partial charge in [0.05, 0.1) is 20.3 Å². The van der Waals surface area contributed by atoms with Crippen LogP contribution in [0, 0.1) is 13.8 Å². The highest BCUT2D eigenvalue weighted by Gasteiger charge is 2.33. The SMILES string of the molecule is COc1cc2c(cc1OC)[C@H](COc1cc(C)cc(C)c1)N(C(=O)COc1ccccc1)CC2. The lowest BCUT2D eigenvalue weighted by Crippen LogP contribution is -2.44. The zero-order valence-electron chi connectivity index (χ0n) is 20.2. The lowest BCUT2D eigenvalue weighted by atomic mass is 9.92. The Hall–Kier alpha value is -3.67. The number of amides is 1. The van der Waals surface area contributed by atoms with Gasteiger partial charge in [-0.25, -0.2) is 0 Å². The third-order valence-electron chi connectivity index (χ3n) is 6.03. The molecule has 34 heavy (non-hydrogen) atoms. The van der Waals surface area contributed by atoms with Gasteiger partial charge in [-0.05, 0) is 78.9 Å². The summed E-state index contributed by atoms with van der Waals surface area (Å²) in [5.41, 5.74) is 4.39.